The molecule has 0 aliphatic carbocycles. The van der Waals surface area contributed by atoms with Gasteiger partial charge < -0.3 is 33.8 Å². The Balaban J connectivity index is 5.20. The smallest absolute Gasteiger partial charge is 0.462 e. The highest BCUT2D eigenvalue weighted by molar-refractivity contribution is 7.47. The average Bonchev–Trinajstić information content (AvgIpc) is 0.925. The molecule has 5 unspecified atom stereocenters. The number of carbonyl (C=O) groups excluding carboxylic acids is 4. The summed E-state index contributed by atoms with van der Waals surface area (Å²) in [6.07, 6.45) is 61.0. The molecule has 8 atom stereocenters. The minimum atomic E-state index is -4.96. The molecule has 0 bridgehead atoms. The Bertz CT molecular complexity index is 2010. The molecule has 0 saturated carbocycles. The Kier molecular flexibility index (Phi) is 71.5. The fourth-order valence-corrected chi connectivity index (χ4v) is 14.4. The van der Waals surface area contributed by atoms with Gasteiger partial charge in [0.05, 0.1) is 26.4 Å². The summed E-state index contributed by atoms with van der Waals surface area (Å²) in [4.78, 5) is 73.1. The molecule has 0 aromatic heterocycles. The van der Waals surface area contributed by atoms with E-state index in [1.807, 2.05) is 0 Å². The molecular weight excluding hydrogens is 1340 g/mol. The number of carbonyl (C=O) groups is 4. The summed E-state index contributed by atoms with van der Waals surface area (Å²) in [5, 5.41) is 10.7. The third-order valence-electron chi connectivity index (χ3n) is 20.7. The van der Waals surface area contributed by atoms with Crippen LogP contribution in [0.1, 0.15) is 434 Å². The standard InChI is InChI=1S/C84H164O17P2/c1-9-75(6)61-53-45-37-31-25-21-16-14-12-13-15-17-23-27-34-40-50-58-66-83(88)101-80(71-95-82(87)65-57-49-43-42-47-55-63-77(8)11-3)73-99-103(92,93)97-69-78(85)68-96-102(90,91)98-72-79(100-84(89)67-59-51-41-35-29-28-32-38-46-54-62-76(7)10-2)70-94-81(86)64-56-48-39-33-26-22-19-18-20-24-30-36-44-52-60-74(4)5/h74-80,85H,9-73H2,1-8H3,(H,90,91)(H,92,93)/t75?,76?,77?,78-,79-,80-/m1/s1. The first-order valence-electron chi connectivity index (χ1n) is 43.3. The molecule has 3 N–H and O–H groups in total. The molecule has 17 nitrogen and oxygen atoms in total. The van der Waals surface area contributed by atoms with E-state index in [1.165, 1.54) is 231 Å². The molecule has 19 heteroatoms. The maximum Gasteiger partial charge on any atom is 0.472 e. The van der Waals surface area contributed by atoms with E-state index in [1.54, 1.807) is 0 Å². The van der Waals surface area contributed by atoms with Gasteiger partial charge in [-0.1, -0.05) is 383 Å². The van der Waals surface area contributed by atoms with Crippen LogP contribution in [0.15, 0.2) is 0 Å². The molecule has 103 heavy (non-hydrogen) atoms. The summed E-state index contributed by atoms with van der Waals surface area (Å²) >= 11 is 0. The van der Waals surface area contributed by atoms with Crippen LogP contribution in [0, 0.1) is 23.7 Å². The van der Waals surface area contributed by atoms with Crippen molar-refractivity contribution in [2.45, 2.75) is 453 Å². The molecule has 0 radical (unpaired) electrons. The van der Waals surface area contributed by atoms with Crippen molar-refractivity contribution in [2.24, 2.45) is 23.7 Å². The van der Waals surface area contributed by atoms with E-state index >= 15 is 0 Å². The summed E-state index contributed by atoms with van der Waals surface area (Å²) in [5.41, 5.74) is 0. The van der Waals surface area contributed by atoms with Gasteiger partial charge in [0.1, 0.15) is 19.3 Å². The quantitative estimate of drug-likeness (QED) is 0.0222. The van der Waals surface area contributed by atoms with E-state index in [0.717, 1.165) is 120 Å². The third-order valence-corrected chi connectivity index (χ3v) is 22.6. The summed E-state index contributed by atoms with van der Waals surface area (Å²) < 4.78 is 68.8. The third kappa shape index (κ3) is 74.0. The molecule has 0 saturated heterocycles. The maximum absolute atomic E-state index is 13.1. The highest BCUT2D eigenvalue weighted by Gasteiger charge is 2.30. The molecule has 0 spiro atoms. The number of aliphatic hydroxyl groups excluding tert-OH is 1. The zero-order chi connectivity index (χ0) is 76.0. The van der Waals surface area contributed by atoms with Crippen molar-refractivity contribution in [1.82, 2.24) is 0 Å². The normalized spacial score (nSPS) is 14.8. The second-order valence-corrected chi connectivity index (χ2v) is 34.3. The van der Waals surface area contributed by atoms with E-state index < -0.39 is 97.5 Å². The van der Waals surface area contributed by atoms with Crippen molar-refractivity contribution in [2.75, 3.05) is 39.6 Å². The number of phosphoric acid groups is 2. The molecule has 0 amide bonds. The van der Waals surface area contributed by atoms with Gasteiger partial charge in [0.15, 0.2) is 12.2 Å². The molecule has 0 fully saturated rings. The molecule has 0 heterocycles. The van der Waals surface area contributed by atoms with E-state index in [2.05, 4.69) is 55.4 Å². The van der Waals surface area contributed by atoms with Gasteiger partial charge in [-0.2, -0.15) is 0 Å². The van der Waals surface area contributed by atoms with Gasteiger partial charge in [0.25, 0.3) is 0 Å². The van der Waals surface area contributed by atoms with Gasteiger partial charge in [-0.05, 0) is 49.4 Å². The van der Waals surface area contributed by atoms with Crippen molar-refractivity contribution >= 4 is 39.5 Å². The van der Waals surface area contributed by atoms with Gasteiger partial charge >= 0.3 is 39.5 Å². The van der Waals surface area contributed by atoms with Crippen molar-refractivity contribution < 1.29 is 80.2 Å². The van der Waals surface area contributed by atoms with E-state index in [0.29, 0.717) is 25.7 Å². The lowest BCUT2D eigenvalue weighted by molar-refractivity contribution is -0.161. The van der Waals surface area contributed by atoms with Crippen LogP contribution in [0.5, 0.6) is 0 Å². The summed E-state index contributed by atoms with van der Waals surface area (Å²) in [6, 6.07) is 0. The number of ether oxygens (including phenoxy) is 4. The number of unbranched alkanes of at least 4 members (excludes halogenated alkanes) is 44. The molecular formula is C84H164O17P2. The number of hydrogen-bond donors (Lipinski definition) is 3. The molecule has 0 aromatic rings. The molecule has 612 valence electrons. The van der Waals surface area contributed by atoms with Gasteiger partial charge in [-0.3, -0.25) is 37.3 Å². The van der Waals surface area contributed by atoms with Gasteiger partial charge in [-0.15, -0.1) is 0 Å². The lowest BCUT2D eigenvalue weighted by atomic mass is 9.99. The van der Waals surface area contributed by atoms with Crippen molar-refractivity contribution in [3.05, 3.63) is 0 Å². The Morgan fingerprint density at radius 3 is 0.689 bits per heavy atom. The number of rotatable bonds is 81. The molecule has 0 rings (SSSR count). The number of esters is 4. The lowest BCUT2D eigenvalue weighted by Gasteiger charge is -2.21. The fourth-order valence-electron chi connectivity index (χ4n) is 12.9. The monoisotopic (exact) mass is 1510 g/mol. The molecule has 0 aliphatic heterocycles. The van der Waals surface area contributed by atoms with Crippen LogP contribution in [-0.4, -0.2) is 96.7 Å². The van der Waals surface area contributed by atoms with Crippen LogP contribution in [0.2, 0.25) is 0 Å². The predicted octanol–water partition coefficient (Wildman–Crippen LogP) is 25.2. The van der Waals surface area contributed by atoms with E-state index in [9.17, 15) is 43.2 Å². The second kappa shape index (κ2) is 72.9. The summed E-state index contributed by atoms with van der Waals surface area (Å²) in [7, 11) is -9.93. The zero-order valence-corrected chi connectivity index (χ0v) is 69.7. The van der Waals surface area contributed by atoms with Crippen molar-refractivity contribution in [3.8, 4) is 0 Å². The highest BCUT2D eigenvalue weighted by Crippen LogP contribution is 2.45. The Labute approximate surface area is 632 Å². The van der Waals surface area contributed by atoms with Gasteiger partial charge in [0, 0.05) is 25.7 Å². The van der Waals surface area contributed by atoms with Crippen LogP contribution in [-0.2, 0) is 65.4 Å². The average molecular weight is 1510 g/mol. The minimum absolute atomic E-state index is 0.106. The predicted molar refractivity (Wildman–Crippen MR) is 423 cm³/mol. The summed E-state index contributed by atoms with van der Waals surface area (Å²) in [6.45, 7) is 14.3. The van der Waals surface area contributed by atoms with Gasteiger partial charge in [-0.25, -0.2) is 9.13 Å². The topological polar surface area (TPSA) is 237 Å². The molecule has 0 aromatic carbocycles. The Morgan fingerprint density at radius 2 is 0.466 bits per heavy atom. The Morgan fingerprint density at radius 1 is 0.272 bits per heavy atom. The van der Waals surface area contributed by atoms with Crippen LogP contribution >= 0.6 is 15.6 Å². The number of hydrogen-bond acceptors (Lipinski definition) is 15. The molecule has 0 aliphatic rings. The van der Waals surface area contributed by atoms with Crippen LogP contribution in [0.3, 0.4) is 0 Å². The van der Waals surface area contributed by atoms with Crippen LogP contribution < -0.4 is 0 Å². The number of phosphoric ester groups is 2. The number of aliphatic hydroxyl groups is 1. The maximum atomic E-state index is 13.1. The lowest BCUT2D eigenvalue weighted by Crippen LogP contribution is -2.30. The van der Waals surface area contributed by atoms with Crippen LogP contribution in [0.4, 0.5) is 0 Å². The minimum Gasteiger partial charge on any atom is -0.462 e. The van der Waals surface area contributed by atoms with Crippen molar-refractivity contribution in [1.29, 1.82) is 0 Å². The second-order valence-electron chi connectivity index (χ2n) is 31.4. The Hall–Kier alpha value is -1.94. The summed E-state index contributed by atoms with van der Waals surface area (Å²) in [5.74, 6) is 1.09. The first-order chi connectivity index (χ1) is 49.7. The van der Waals surface area contributed by atoms with Crippen molar-refractivity contribution in [3.63, 3.8) is 0 Å². The van der Waals surface area contributed by atoms with Crippen LogP contribution in [0.25, 0.3) is 0 Å². The van der Waals surface area contributed by atoms with E-state index in [4.69, 9.17) is 37.0 Å². The fraction of sp³-hybridized carbons (Fsp3) is 0.952. The highest BCUT2D eigenvalue weighted by atomic mass is 31.2. The van der Waals surface area contributed by atoms with E-state index in [-0.39, 0.29) is 25.7 Å². The first-order valence-corrected chi connectivity index (χ1v) is 46.3. The SMILES string of the molecule is CCC(C)CCCCCCCCCCCCCCCCCCCCC(=O)O[C@H](COC(=O)CCCCCCCCC(C)CC)COP(=O)(O)OC[C@H](O)COP(=O)(O)OC[C@@H](COC(=O)CCCCCCCCCCCCCCCCC(C)C)OC(=O)CCCCCCCCCCCCC(C)CC. The largest absolute Gasteiger partial charge is 0.472 e. The van der Waals surface area contributed by atoms with Gasteiger partial charge in [0.2, 0.25) is 0 Å². The zero-order valence-electron chi connectivity index (χ0n) is 68.0. The first kappa shape index (κ1) is 101.